The molecule has 0 aliphatic heterocycles. The maximum Gasteiger partial charge on any atom is 0.119 e. The molecule has 0 amide bonds. The molecule has 20 heavy (non-hydrogen) atoms. The van der Waals surface area contributed by atoms with Crippen molar-refractivity contribution < 1.29 is 4.74 Å². The summed E-state index contributed by atoms with van der Waals surface area (Å²) in [6, 6.07) is 6.50. The first-order valence-corrected chi connectivity index (χ1v) is 7.69. The van der Waals surface area contributed by atoms with E-state index in [0.29, 0.717) is 5.92 Å². The van der Waals surface area contributed by atoms with Crippen molar-refractivity contribution in [3.05, 3.63) is 48.1 Å². The zero-order valence-electron chi connectivity index (χ0n) is 13.0. The fraction of sp³-hybridized carbons (Fsp3) is 0.474. The Kier molecular flexibility index (Phi) is 5.05. The highest BCUT2D eigenvalue weighted by Gasteiger charge is 2.24. The van der Waals surface area contributed by atoms with Crippen LogP contribution in [0, 0.1) is 5.92 Å². The Morgan fingerprint density at radius 1 is 1.45 bits per heavy atom. The SMILES string of the molecule is C=C/C=C(/CC1CC1)c1cc(OC)ccc1C(C)CC. The molecule has 0 N–H and O–H groups in total. The van der Waals surface area contributed by atoms with Crippen LogP contribution in [-0.4, -0.2) is 7.11 Å². The van der Waals surface area contributed by atoms with Crippen LogP contribution >= 0.6 is 0 Å². The third kappa shape index (κ3) is 3.53. The molecule has 0 heterocycles. The Bertz CT molecular complexity index is 494. The maximum atomic E-state index is 5.42. The van der Waals surface area contributed by atoms with Gasteiger partial charge in [-0.3, -0.25) is 0 Å². The lowest BCUT2D eigenvalue weighted by Gasteiger charge is -2.18. The van der Waals surface area contributed by atoms with Gasteiger partial charge in [-0.15, -0.1) is 0 Å². The molecule has 1 aromatic rings. The summed E-state index contributed by atoms with van der Waals surface area (Å²) in [7, 11) is 1.74. The van der Waals surface area contributed by atoms with Gasteiger partial charge >= 0.3 is 0 Å². The van der Waals surface area contributed by atoms with Crippen molar-refractivity contribution >= 4 is 5.57 Å². The molecule has 1 heteroatoms. The van der Waals surface area contributed by atoms with Crippen LogP contribution in [0.25, 0.3) is 5.57 Å². The highest BCUT2D eigenvalue weighted by molar-refractivity contribution is 5.71. The van der Waals surface area contributed by atoms with Crippen LogP contribution in [-0.2, 0) is 0 Å². The molecule has 1 aliphatic carbocycles. The van der Waals surface area contributed by atoms with Crippen LogP contribution in [0.3, 0.4) is 0 Å². The second kappa shape index (κ2) is 6.78. The van der Waals surface area contributed by atoms with Crippen molar-refractivity contribution in [3.8, 4) is 5.75 Å². The average Bonchev–Trinajstić information content (AvgIpc) is 3.29. The standard InChI is InChI=1S/C19H26O/c1-5-7-16(12-15-8-9-15)19-13-17(20-4)10-11-18(19)14(3)6-2/h5,7,10-11,13-15H,1,6,8-9,12H2,2-4H3/b16-7-. The van der Waals surface area contributed by atoms with Gasteiger partial charge in [0.1, 0.15) is 5.75 Å². The van der Waals surface area contributed by atoms with Gasteiger partial charge in [-0.05, 0) is 66.4 Å². The van der Waals surface area contributed by atoms with E-state index < -0.39 is 0 Å². The lowest BCUT2D eigenvalue weighted by molar-refractivity contribution is 0.414. The number of rotatable bonds is 7. The minimum absolute atomic E-state index is 0.573. The summed E-state index contributed by atoms with van der Waals surface area (Å²) in [5, 5.41) is 0. The first kappa shape index (κ1) is 14.9. The largest absolute Gasteiger partial charge is 0.497 e. The molecular formula is C19H26O. The Morgan fingerprint density at radius 3 is 2.75 bits per heavy atom. The zero-order chi connectivity index (χ0) is 14.5. The molecule has 108 valence electrons. The van der Waals surface area contributed by atoms with Crippen LogP contribution < -0.4 is 4.74 Å². The van der Waals surface area contributed by atoms with Gasteiger partial charge < -0.3 is 4.74 Å². The third-order valence-electron chi connectivity index (χ3n) is 4.27. The first-order chi connectivity index (χ1) is 9.69. The smallest absolute Gasteiger partial charge is 0.119 e. The number of ether oxygens (including phenoxy) is 1. The summed E-state index contributed by atoms with van der Waals surface area (Å²) in [5.74, 6) is 2.39. The van der Waals surface area contributed by atoms with Gasteiger partial charge in [0.05, 0.1) is 7.11 Å². The number of hydrogen-bond acceptors (Lipinski definition) is 1. The number of benzene rings is 1. The van der Waals surface area contributed by atoms with E-state index in [1.807, 2.05) is 6.08 Å². The molecule has 1 saturated carbocycles. The topological polar surface area (TPSA) is 9.23 Å². The van der Waals surface area contributed by atoms with E-state index in [0.717, 1.165) is 18.1 Å². The normalized spacial score (nSPS) is 16.9. The fourth-order valence-corrected chi connectivity index (χ4v) is 2.63. The van der Waals surface area contributed by atoms with Gasteiger partial charge in [0.2, 0.25) is 0 Å². The van der Waals surface area contributed by atoms with Crippen LogP contribution in [0.15, 0.2) is 36.9 Å². The average molecular weight is 270 g/mol. The van der Waals surface area contributed by atoms with Crippen molar-refractivity contribution in [1.29, 1.82) is 0 Å². The highest BCUT2D eigenvalue weighted by Crippen LogP contribution is 2.41. The second-order valence-corrected chi connectivity index (χ2v) is 5.84. The van der Waals surface area contributed by atoms with Crippen LogP contribution in [0.5, 0.6) is 5.75 Å². The van der Waals surface area contributed by atoms with Crippen molar-refractivity contribution in [2.24, 2.45) is 5.92 Å². The second-order valence-electron chi connectivity index (χ2n) is 5.84. The maximum absolute atomic E-state index is 5.42. The van der Waals surface area contributed by atoms with Gasteiger partial charge in [0.15, 0.2) is 0 Å². The minimum Gasteiger partial charge on any atom is -0.497 e. The molecule has 1 nitrogen and oxygen atoms in total. The van der Waals surface area contributed by atoms with Crippen molar-refractivity contribution in [2.45, 2.75) is 45.4 Å². The molecular weight excluding hydrogens is 244 g/mol. The molecule has 0 bridgehead atoms. The zero-order valence-corrected chi connectivity index (χ0v) is 13.0. The molecule has 0 saturated heterocycles. The lowest BCUT2D eigenvalue weighted by Crippen LogP contribution is -2.00. The highest BCUT2D eigenvalue weighted by atomic mass is 16.5. The molecule has 0 spiro atoms. The molecule has 1 atom stereocenters. The van der Waals surface area contributed by atoms with Gasteiger partial charge in [-0.25, -0.2) is 0 Å². The number of allylic oxidation sites excluding steroid dienone is 3. The summed E-state index contributed by atoms with van der Waals surface area (Å²) >= 11 is 0. The van der Waals surface area contributed by atoms with E-state index in [-0.39, 0.29) is 0 Å². The molecule has 1 aromatic carbocycles. The van der Waals surface area contributed by atoms with Gasteiger partial charge in [-0.1, -0.05) is 38.6 Å². The molecule has 1 aliphatic rings. The fourth-order valence-electron chi connectivity index (χ4n) is 2.63. The van der Waals surface area contributed by atoms with E-state index in [1.165, 1.54) is 36.0 Å². The summed E-state index contributed by atoms with van der Waals surface area (Å²) in [6.07, 6.45) is 9.16. The summed E-state index contributed by atoms with van der Waals surface area (Å²) < 4.78 is 5.42. The summed E-state index contributed by atoms with van der Waals surface area (Å²) in [4.78, 5) is 0. The Balaban J connectivity index is 2.42. The van der Waals surface area contributed by atoms with E-state index in [9.17, 15) is 0 Å². The quantitative estimate of drug-likeness (QED) is 0.588. The Hall–Kier alpha value is -1.50. The van der Waals surface area contributed by atoms with Crippen LogP contribution in [0.1, 0.15) is 56.6 Å². The monoisotopic (exact) mass is 270 g/mol. The van der Waals surface area contributed by atoms with Gasteiger partial charge in [0, 0.05) is 0 Å². The molecule has 0 aromatic heterocycles. The summed E-state index contributed by atoms with van der Waals surface area (Å²) in [5.41, 5.74) is 4.20. The van der Waals surface area contributed by atoms with E-state index in [2.05, 4.69) is 44.7 Å². The molecule has 2 rings (SSSR count). The Labute approximate surface area is 123 Å². The molecule has 1 unspecified atom stereocenters. The minimum atomic E-state index is 0.573. The molecule has 0 radical (unpaired) electrons. The first-order valence-electron chi connectivity index (χ1n) is 7.69. The number of methoxy groups -OCH3 is 1. The predicted molar refractivity (Wildman–Crippen MR) is 87.2 cm³/mol. The van der Waals surface area contributed by atoms with Gasteiger partial charge in [0.25, 0.3) is 0 Å². The lowest BCUT2D eigenvalue weighted by atomic mass is 9.87. The third-order valence-corrected chi connectivity index (χ3v) is 4.27. The van der Waals surface area contributed by atoms with Gasteiger partial charge in [-0.2, -0.15) is 0 Å². The van der Waals surface area contributed by atoms with Crippen LogP contribution in [0.2, 0.25) is 0 Å². The van der Waals surface area contributed by atoms with Crippen molar-refractivity contribution in [2.75, 3.05) is 7.11 Å². The summed E-state index contributed by atoms with van der Waals surface area (Å²) in [6.45, 7) is 8.43. The van der Waals surface area contributed by atoms with E-state index >= 15 is 0 Å². The van der Waals surface area contributed by atoms with E-state index in [1.54, 1.807) is 7.11 Å². The van der Waals surface area contributed by atoms with Crippen LogP contribution in [0.4, 0.5) is 0 Å². The predicted octanol–water partition coefficient (Wildman–Crippen LogP) is 5.58. The molecule has 1 fully saturated rings. The van der Waals surface area contributed by atoms with E-state index in [4.69, 9.17) is 4.74 Å². The Morgan fingerprint density at radius 2 is 2.20 bits per heavy atom. The van der Waals surface area contributed by atoms with Crippen molar-refractivity contribution in [1.82, 2.24) is 0 Å². The van der Waals surface area contributed by atoms with Crippen molar-refractivity contribution in [3.63, 3.8) is 0 Å². The number of hydrogen-bond donors (Lipinski definition) is 0.